The number of hydrogen-bond donors (Lipinski definition) is 0. The van der Waals surface area contributed by atoms with Gasteiger partial charge in [0.2, 0.25) is 5.75 Å². The van der Waals surface area contributed by atoms with E-state index in [1.807, 2.05) is 54.6 Å². The van der Waals surface area contributed by atoms with Crippen molar-refractivity contribution in [2.45, 2.75) is 6.61 Å². The standard InChI is InChI=1S/C23H23NO4/c1-25-21-13-19(14-22(26-2)23(21)27-3)24-15-17-9-11-20(12-10-17)28-16-18-7-5-4-6-8-18/h4-15H,16H2,1-3H3. The Balaban J connectivity index is 1.69. The third-order valence-corrected chi connectivity index (χ3v) is 4.14. The largest absolute Gasteiger partial charge is 0.493 e. The van der Waals surface area contributed by atoms with Crippen molar-refractivity contribution in [3.05, 3.63) is 77.9 Å². The third kappa shape index (κ3) is 4.82. The zero-order valence-electron chi connectivity index (χ0n) is 16.2. The molecule has 28 heavy (non-hydrogen) atoms. The highest BCUT2D eigenvalue weighted by molar-refractivity contribution is 5.82. The summed E-state index contributed by atoms with van der Waals surface area (Å²) < 4.78 is 21.8. The summed E-state index contributed by atoms with van der Waals surface area (Å²) in [6, 6.07) is 21.5. The zero-order chi connectivity index (χ0) is 19.8. The van der Waals surface area contributed by atoms with Gasteiger partial charge in [0.25, 0.3) is 0 Å². The van der Waals surface area contributed by atoms with Gasteiger partial charge >= 0.3 is 0 Å². The molecule has 0 amide bonds. The number of benzene rings is 3. The second-order valence-electron chi connectivity index (χ2n) is 5.99. The Kier molecular flexibility index (Phi) is 6.52. The Labute approximate surface area is 165 Å². The molecule has 3 aromatic carbocycles. The number of hydrogen-bond acceptors (Lipinski definition) is 5. The highest BCUT2D eigenvalue weighted by Gasteiger charge is 2.12. The molecule has 0 heterocycles. The molecule has 3 rings (SSSR count). The van der Waals surface area contributed by atoms with Crippen LogP contribution < -0.4 is 18.9 Å². The summed E-state index contributed by atoms with van der Waals surface area (Å²) in [6.45, 7) is 0.541. The molecule has 0 unspecified atom stereocenters. The van der Waals surface area contributed by atoms with Crippen LogP contribution >= 0.6 is 0 Å². The Hall–Kier alpha value is -3.47. The normalized spacial score (nSPS) is 10.7. The van der Waals surface area contributed by atoms with Crippen molar-refractivity contribution in [3.63, 3.8) is 0 Å². The lowest BCUT2D eigenvalue weighted by molar-refractivity contribution is 0.306. The Morgan fingerprint density at radius 2 is 1.43 bits per heavy atom. The van der Waals surface area contributed by atoms with E-state index in [1.54, 1.807) is 39.7 Å². The van der Waals surface area contributed by atoms with E-state index in [0.717, 1.165) is 16.9 Å². The Bertz CT molecular complexity index is 896. The number of rotatable bonds is 8. The van der Waals surface area contributed by atoms with E-state index in [-0.39, 0.29) is 0 Å². The van der Waals surface area contributed by atoms with Crippen molar-refractivity contribution in [2.24, 2.45) is 4.99 Å². The fourth-order valence-corrected chi connectivity index (χ4v) is 2.68. The average Bonchev–Trinajstić information content (AvgIpc) is 2.76. The van der Waals surface area contributed by atoms with E-state index in [1.165, 1.54) is 0 Å². The van der Waals surface area contributed by atoms with Crippen molar-refractivity contribution in [3.8, 4) is 23.0 Å². The van der Waals surface area contributed by atoms with Gasteiger partial charge in [-0.2, -0.15) is 0 Å². The smallest absolute Gasteiger partial charge is 0.203 e. The van der Waals surface area contributed by atoms with Gasteiger partial charge in [0, 0.05) is 18.3 Å². The quantitative estimate of drug-likeness (QED) is 0.516. The maximum absolute atomic E-state index is 5.80. The van der Waals surface area contributed by atoms with Gasteiger partial charge in [-0.25, -0.2) is 0 Å². The first-order chi connectivity index (χ1) is 13.7. The van der Waals surface area contributed by atoms with Crippen molar-refractivity contribution in [2.75, 3.05) is 21.3 Å². The van der Waals surface area contributed by atoms with Crippen molar-refractivity contribution in [1.29, 1.82) is 0 Å². The van der Waals surface area contributed by atoms with Crippen LogP contribution in [0.15, 0.2) is 71.7 Å². The van der Waals surface area contributed by atoms with Crippen LogP contribution in [0.25, 0.3) is 0 Å². The summed E-state index contributed by atoms with van der Waals surface area (Å²) in [6.07, 6.45) is 1.78. The van der Waals surface area contributed by atoms with Crippen LogP contribution in [0, 0.1) is 0 Å². The van der Waals surface area contributed by atoms with Gasteiger partial charge < -0.3 is 18.9 Å². The van der Waals surface area contributed by atoms with Crippen molar-refractivity contribution < 1.29 is 18.9 Å². The highest BCUT2D eigenvalue weighted by atomic mass is 16.5. The first kappa shape index (κ1) is 19.3. The lowest BCUT2D eigenvalue weighted by Gasteiger charge is -2.12. The first-order valence-corrected chi connectivity index (χ1v) is 8.84. The SMILES string of the molecule is COc1cc(N=Cc2ccc(OCc3ccccc3)cc2)cc(OC)c1OC. The van der Waals surface area contributed by atoms with E-state index < -0.39 is 0 Å². The van der Waals surface area contributed by atoms with Crippen LogP contribution in [-0.4, -0.2) is 27.5 Å². The summed E-state index contributed by atoms with van der Waals surface area (Å²) in [4.78, 5) is 4.51. The molecule has 0 bridgehead atoms. The third-order valence-electron chi connectivity index (χ3n) is 4.14. The van der Waals surface area contributed by atoms with Gasteiger partial charge in [-0.05, 0) is 35.4 Å². The van der Waals surface area contributed by atoms with E-state index in [0.29, 0.717) is 29.5 Å². The van der Waals surface area contributed by atoms with Crippen LogP contribution in [0.1, 0.15) is 11.1 Å². The summed E-state index contributed by atoms with van der Waals surface area (Å²) in [5.74, 6) is 2.50. The lowest BCUT2D eigenvalue weighted by atomic mass is 10.2. The number of aliphatic imine (C=N–C) groups is 1. The van der Waals surface area contributed by atoms with E-state index >= 15 is 0 Å². The molecule has 0 aliphatic rings. The summed E-state index contributed by atoms with van der Waals surface area (Å²) in [5, 5.41) is 0. The fraction of sp³-hybridized carbons (Fsp3) is 0.174. The van der Waals surface area contributed by atoms with Crippen LogP contribution in [0.5, 0.6) is 23.0 Å². The van der Waals surface area contributed by atoms with Crippen LogP contribution in [0.3, 0.4) is 0 Å². The van der Waals surface area contributed by atoms with E-state index in [9.17, 15) is 0 Å². The number of ether oxygens (including phenoxy) is 4. The Morgan fingerprint density at radius 1 is 0.786 bits per heavy atom. The molecule has 0 N–H and O–H groups in total. The molecule has 3 aromatic rings. The maximum atomic E-state index is 5.80. The predicted molar refractivity (Wildman–Crippen MR) is 111 cm³/mol. The van der Waals surface area contributed by atoms with Gasteiger partial charge in [0.1, 0.15) is 12.4 Å². The number of methoxy groups -OCH3 is 3. The summed E-state index contributed by atoms with van der Waals surface area (Å²) >= 11 is 0. The topological polar surface area (TPSA) is 49.3 Å². The molecule has 0 atom stereocenters. The lowest BCUT2D eigenvalue weighted by Crippen LogP contribution is -1.95. The predicted octanol–water partition coefficient (Wildman–Crippen LogP) is 5.04. The van der Waals surface area contributed by atoms with Crippen LogP contribution in [-0.2, 0) is 6.61 Å². The minimum atomic E-state index is 0.541. The van der Waals surface area contributed by atoms with Crippen LogP contribution in [0.4, 0.5) is 5.69 Å². The van der Waals surface area contributed by atoms with Gasteiger partial charge in [-0.3, -0.25) is 4.99 Å². The second kappa shape index (κ2) is 9.46. The minimum Gasteiger partial charge on any atom is -0.493 e. The molecule has 0 aliphatic heterocycles. The second-order valence-corrected chi connectivity index (χ2v) is 5.99. The molecule has 0 spiro atoms. The molecular formula is C23H23NO4. The molecule has 0 aromatic heterocycles. The molecular weight excluding hydrogens is 354 g/mol. The summed E-state index contributed by atoms with van der Waals surface area (Å²) in [5.41, 5.74) is 2.80. The molecule has 0 saturated heterocycles. The molecule has 5 nitrogen and oxygen atoms in total. The van der Waals surface area contributed by atoms with Gasteiger partial charge in [0.05, 0.1) is 27.0 Å². The van der Waals surface area contributed by atoms with E-state index in [4.69, 9.17) is 18.9 Å². The van der Waals surface area contributed by atoms with Crippen molar-refractivity contribution in [1.82, 2.24) is 0 Å². The summed E-state index contributed by atoms with van der Waals surface area (Å²) in [7, 11) is 4.74. The molecule has 0 aliphatic carbocycles. The first-order valence-electron chi connectivity index (χ1n) is 8.84. The Morgan fingerprint density at radius 3 is 2.00 bits per heavy atom. The maximum Gasteiger partial charge on any atom is 0.203 e. The molecule has 0 radical (unpaired) electrons. The highest BCUT2D eigenvalue weighted by Crippen LogP contribution is 2.40. The zero-order valence-corrected chi connectivity index (χ0v) is 16.2. The minimum absolute atomic E-state index is 0.541. The van der Waals surface area contributed by atoms with Gasteiger partial charge in [0.15, 0.2) is 11.5 Å². The van der Waals surface area contributed by atoms with Crippen molar-refractivity contribution >= 4 is 11.9 Å². The molecule has 0 fully saturated rings. The fourth-order valence-electron chi connectivity index (χ4n) is 2.68. The van der Waals surface area contributed by atoms with E-state index in [2.05, 4.69) is 4.99 Å². The average molecular weight is 377 g/mol. The monoisotopic (exact) mass is 377 g/mol. The molecule has 144 valence electrons. The molecule has 5 heteroatoms. The van der Waals surface area contributed by atoms with Crippen LogP contribution in [0.2, 0.25) is 0 Å². The molecule has 0 saturated carbocycles. The van der Waals surface area contributed by atoms with Gasteiger partial charge in [-0.15, -0.1) is 0 Å². The van der Waals surface area contributed by atoms with Gasteiger partial charge in [-0.1, -0.05) is 30.3 Å². The number of nitrogens with zero attached hydrogens (tertiary/aromatic N) is 1.